The van der Waals surface area contributed by atoms with Gasteiger partial charge in [0.05, 0.1) is 25.3 Å². The fourth-order valence-electron chi connectivity index (χ4n) is 3.38. The summed E-state index contributed by atoms with van der Waals surface area (Å²) in [4.78, 5) is 7.56. The second kappa shape index (κ2) is 14.3. The topological polar surface area (TPSA) is 58.1 Å². The third-order valence-corrected chi connectivity index (χ3v) is 6.08. The summed E-state index contributed by atoms with van der Waals surface area (Å²) >= 11 is 2.06. The van der Waals surface area contributed by atoms with Gasteiger partial charge in [-0.3, -0.25) is 9.89 Å². The normalized spacial score (nSPS) is 24.1. The fraction of sp³-hybridized carbons (Fsp3) is 0.947. The minimum atomic E-state index is 0. The number of guanidine groups is 1. The number of hydrogen-bond acceptors (Lipinski definition) is 5. The molecule has 2 fully saturated rings. The molecule has 2 heterocycles. The fourth-order valence-corrected chi connectivity index (χ4v) is 4.84. The van der Waals surface area contributed by atoms with Crippen LogP contribution in [-0.4, -0.2) is 87.1 Å². The summed E-state index contributed by atoms with van der Waals surface area (Å²) in [6, 6.07) is 0. The second-order valence-corrected chi connectivity index (χ2v) is 8.68. The van der Waals surface area contributed by atoms with Crippen molar-refractivity contribution in [3.63, 3.8) is 0 Å². The highest BCUT2D eigenvalue weighted by Crippen LogP contribution is 2.34. The second-order valence-electron chi connectivity index (χ2n) is 7.57. The molecule has 2 aliphatic heterocycles. The Balaban J connectivity index is 0.00000364. The van der Waals surface area contributed by atoms with Crippen LogP contribution in [0.2, 0.25) is 0 Å². The van der Waals surface area contributed by atoms with E-state index in [4.69, 9.17) is 14.5 Å². The number of hydrogen-bond donors (Lipinski definition) is 2. The molecule has 1 atom stereocenters. The summed E-state index contributed by atoms with van der Waals surface area (Å²) in [5.74, 6) is 3.95. The quantitative estimate of drug-likeness (QED) is 0.202. The molecule has 8 heteroatoms. The van der Waals surface area contributed by atoms with Crippen molar-refractivity contribution in [3.05, 3.63) is 0 Å². The van der Waals surface area contributed by atoms with Crippen LogP contribution in [-0.2, 0) is 9.47 Å². The molecule has 0 amide bonds. The Hall–Kier alpha value is 0.230. The molecule has 2 rings (SSSR count). The average Bonchev–Trinajstić information content (AvgIpc) is 3.13. The van der Waals surface area contributed by atoms with Crippen LogP contribution in [0, 0.1) is 5.92 Å². The first-order chi connectivity index (χ1) is 12.7. The number of morpholine rings is 1. The molecule has 0 aromatic heterocycles. The maximum absolute atomic E-state index is 5.65. The van der Waals surface area contributed by atoms with E-state index in [0.29, 0.717) is 5.92 Å². The molecule has 0 saturated carbocycles. The van der Waals surface area contributed by atoms with Gasteiger partial charge >= 0.3 is 0 Å². The van der Waals surface area contributed by atoms with Gasteiger partial charge in [-0.05, 0) is 31.4 Å². The molecule has 27 heavy (non-hydrogen) atoms. The lowest BCUT2D eigenvalue weighted by atomic mass is 9.96. The van der Waals surface area contributed by atoms with Gasteiger partial charge in [0.15, 0.2) is 5.96 Å². The highest BCUT2D eigenvalue weighted by molar-refractivity contribution is 14.0. The first kappa shape index (κ1) is 25.3. The standard InChI is InChI=1S/C19H38N4O2S.HI/c1-4-20-18(21-7-5-10-25-14-17(2)3)22-15-19(6-13-26-16-19)23-8-11-24-12-9-23;/h17H,4-16H2,1-3H3,(H2,20,21,22);1H. The number of halogens is 1. The molecule has 0 spiro atoms. The molecule has 0 aromatic carbocycles. The molecule has 0 radical (unpaired) electrons. The molecule has 0 bridgehead atoms. The van der Waals surface area contributed by atoms with Crippen LogP contribution in [0.25, 0.3) is 0 Å². The van der Waals surface area contributed by atoms with E-state index in [1.54, 1.807) is 0 Å². The van der Waals surface area contributed by atoms with Crippen molar-refractivity contribution >= 4 is 41.7 Å². The van der Waals surface area contributed by atoms with Crippen LogP contribution >= 0.6 is 35.7 Å². The molecule has 1 unspecified atom stereocenters. The van der Waals surface area contributed by atoms with Crippen molar-refractivity contribution in [2.24, 2.45) is 10.9 Å². The summed E-state index contributed by atoms with van der Waals surface area (Å²) in [7, 11) is 0. The van der Waals surface area contributed by atoms with Crippen LogP contribution in [0.3, 0.4) is 0 Å². The number of rotatable bonds is 10. The number of ether oxygens (including phenoxy) is 2. The van der Waals surface area contributed by atoms with Gasteiger partial charge in [-0.25, -0.2) is 0 Å². The highest BCUT2D eigenvalue weighted by Gasteiger charge is 2.40. The summed E-state index contributed by atoms with van der Waals surface area (Å²) in [5, 5.41) is 6.85. The third-order valence-electron chi connectivity index (χ3n) is 4.85. The Morgan fingerprint density at radius 1 is 1.30 bits per heavy atom. The van der Waals surface area contributed by atoms with Gasteiger partial charge in [0.25, 0.3) is 0 Å². The number of nitrogens with one attached hydrogen (secondary N) is 2. The van der Waals surface area contributed by atoms with Crippen molar-refractivity contribution in [1.29, 1.82) is 0 Å². The Bertz CT molecular complexity index is 415. The van der Waals surface area contributed by atoms with Crippen LogP contribution in [0.5, 0.6) is 0 Å². The molecule has 6 nitrogen and oxygen atoms in total. The predicted octanol–water partition coefficient (Wildman–Crippen LogP) is 2.43. The average molecular weight is 515 g/mol. The van der Waals surface area contributed by atoms with Crippen LogP contribution < -0.4 is 10.6 Å². The number of nitrogens with zero attached hydrogens (tertiary/aromatic N) is 2. The van der Waals surface area contributed by atoms with Crippen molar-refractivity contribution in [2.75, 3.05) is 70.7 Å². The zero-order valence-electron chi connectivity index (χ0n) is 17.3. The van der Waals surface area contributed by atoms with Crippen molar-refractivity contribution in [1.82, 2.24) is 15.5 Å². The molecular weight excluding hydrogens is 475 g/mol. The molecule has 2 saturated heterocycles. The van der Waals surface area contributed by atoms with Crippen molar-refractivity contribution in [3.8, 4) is 0 Å². The third kappa shape index (κ3) is 9.06. The van der Waals surface area contributed by atoms with Crippen LogP contribution in [0.15, 0.2) is 4.99 Å². The largest absolute Gasteiger partial charge is 0.381 e. The van der Waals surface area contributed by atoms with Gasteiger partial charge in [0, 0.05) is 45.1 Å². The van der Waals surface area contributed by atoms with Gasteiger partial charge in [-0.1, -0.05) is 13.8 Å². The van der Waals surface area contributed by atoms with E-state index in [9.17, 15) is 0 Å². The maximum Gasteiger partial charge on any atom is 0.191 e. The van der Waals surface area contributed by atoms with Crippen molar-refractivity contribution < 1.29 is 9.47 Å². The van der Waals surface area contributed by atoms with Gasteiger partial charge < -0.3 is 20.1 Å². The minimum absolute atomic E-state index is 0. The van der Waals surface area contributed by atoms with E-state index >= 15 is 0 Å². The summed E-state index contributed by atoms with van der Waals surface area (Å²) < 4.78 is 11.2. The maximum atomic E-state index is 5.65. The van der Waals surface area contributed by atoms with E-state index in [0.717, 1.165) is 71.5 Å². The number of aliphatic imine (C=N–C) groups is 1. The Morgan fingerprint density at radius 2 is 2.07 bits per heavy atom. The summed E-state index contributed by atoms with van der Waals surface area (Å²) in [6.07, 6.45) is 2.23. The zero-order valence-corrected chi connectivity index (χ0v) is 20.4. The molecule has 160 valence electrons. The molecule has 0 aromatic rings. The smallest absolute Gasteiger partial charge is 0.191 e. The Kier molecular flexibility index (Phi) is 13.3. The van der Waals surface area contributed by atoms with E-state index in [2.05, 4.69) is 48.1 Å². The van der Waals surface area contributed by atoms with Crippen LogP contribution in [0.4, 0.5) is 0 Å². The monoisotopic (exact) mass is 514 g/mol. The Labute approximate surface area is 187 Å². The van der Waals surface area contributed by atoms with E-state index in [1.807, 2.05) is 0 Å². The molecular formula is C19H39IN4O2S. The van der Waals surface area contributed by atoms with Gasteiger partial charge in [0.1, 0.15) is 0 Å². The number of thioether (sulfide) groups is 1. The lowest BCUT2D eigenvalue weighted by Gasteiger charge is -2.42. The Morgan fingerprint density at radius 3 is 2.70 bits per heavy atom. The van der Waals surface area contributed by atoms with E-state index < -0.39 is 0 Å². The highest BCUT2D eigenvalue weighted by atomic mass is 127. The van der Waals surface area contributed by atoms with Gasteiger partial charge in [-0.2, -0.15) is 11.8 Å². The first-order valence-corrected chi connectivity index (χ1v) is 11.3. The zero-order chi connectivity index (χ0) is 18.7. The molecule has 0 aliphatic carbocycles. The molecule has 2 aliphatic rings. The van der Waals surface area contributed by atoms with E-state index in [-0.39, 0.29) is 29.5 Å². The van der Waals surface area contributed by atoms with E-state index in [1.165, 1.54) is 17.9 Å². The summed E-state index contributed by atoms with van der Waals surface area (Å²) in [6.45, 7) is 14.5. The summed E-state index contributed by atoms with van der Waals surface area (Å²) in [5.41, 5.74) is 0.206. The van der Waals surface area contributed by atoms with Gasteiger partial charge in [-0.15, -0.1) is 24.0 Å². The first-order valence-electron chi connectivity index (χ1n) is 10.2. The SMILES string of the molecule is CCNC(=NCC1(N2CCOCC2)CCSC1)NCCCOCC(C)C.I. The molecule has 2 N–H and O–H groups in total. The van der Waals surface area contributed by atoms with Crippen molar-refractivity contribution in [2.45, 2.75) is 39.2 Å². The lowest BCUT2D eigenvalue weighted by molar-refractivity contribution is -0.0104. The minimum Gasteiger partial charge on any atom is -0.381 e. The predicted molar refractivity (Wildman–Crippen MR) is 127 cm³/mol. The lowest BCUT2D eigenvalue weighted by Crippen LogP contribution is -2.56. The van der Waals surface area contributed by atoms with Gasteiger partial charge in [0.2, 0.25) is 0 Å². The van der Waals surface area contributed by atoms with Crippen LogP contribution in [0.1, 0.15) is 33.6 Å².